The SMILES string of the molecule is O=C(Nc1ccc(Br)cc1F)[C@H]1C[C@@H](O)CN1S(=O)(=O)c1ccc2ccccc2c1. The summed E-state index contributed by atoms with van der Waals surface area (Å²) < 4.78 is 42.1. The van der Waals surface area contributed by atoms with Gasteiger partial charge in [0.2, 0.25) is 15.9 Å². The summed E-state index contributed by atoms with van der Waals surface area (Å²) in [6.07, 6.45) is -1.07. The molecule has 9 heteroatoms. The van der Waals surface area contributed by atoms with Crippen LogP contribution in [0.5, 0.6) is 0 Å². The van der Waals surface area contributed by atoms with Crippen molar-refractivity contribution in [2.45, 2.75) is 23.5 Å². The van der Waals surface area contributed by atoms with Crippen molar-refractivity contribution in [2.75, 3.05) is 11.9 Å². The highest BCUT2D eigenvalue weighted by Crippen LogP contribution is 2.29. The summed E-state index contributed by atoms with van der Waals surface area (Å²) >= 11 is 3.14. The first-order valence-corrected chi connectivity index (χ1v) is 11.4. The molecule has 0 radical (unpaired) electrons. The van der Waals surface area contributed by atoms with Crippen molar-refractivity contribution in [1.82, 2.24) is 4.31 Å². The van der Waals surface area contributed by atoms with E-state index in [0.717, 1.165) is 15.1 Å². The van der Waals surface area contributed by atoms with Crippen molar-refractivity contribution in [3.63, 3.8) is 0 Å². The molecule has 3 aromatic carbocycles. The van der Waals surface area contributed by atoms with Crippen LogP contribution in [-0.4, -0.2) is 42.4 Å². The van der Waals surface area contributed by atoms with Gasteiger partial charge in [0.1, 0.15) is 11.9 Å². The summed E-state index contributed by atoms with van der Waals surface area (Å²) in [7, 11) is -4.06. The first-order valence-electron chi connectivity index (χ1n) is 9.20. The van der Waals surface area contributed by atoms with Crippen LogP contribution in [0.25, 0.3) is 10.8 Å². The van der Waals surface area contributed by atoms with E-state index >= 15 is 0 Å². The molecule has 0 aromatic heterocycles. The zero-order chi connectivity index (χ0) is 21.5. The third kappa shape index (κ3) is 3.98. The first kappa shape index (κ1) is 20.9. The Bertz CT molecular complexity index is 1230. The molecule has 0 aliphatic carbocycles. The highest BCUT2D eigenvalue weighted by Gasteiger charge is 2.43. The molecule has 1 aliphatic rings. The van der Waals surface area contributed by atoms with Crippen LogP contribution in [0.4, 0.5) is 10.1 Å². The lowest BCUT2D eigenvalue weighted by Crippen LogP contribution is -2.43. The number of anilines is 1. The monoisotopic (exact) mass is 492 g/mol. The number of nitrogens with one attached hydrogen (secondary N) is 1. The lowest BCUT2D eigenvalue weighted by molar-refractivity contribution is -0.119. The fourth-order valence-electron chi connectivity index (χ4n) is 3.56. The topological polar surface area (TPSA) is 86.7 Å². The first-order chi connectivity index (χ1) is 14.3. The van der Waals surface area contributed by atoms with E-state index in [1.807, 2.05) is 12.1 Å². The zero-order valence-electron chi connectivity index (χ0n) is 15.6. The fourth-order valence-corrected chi connectivity index (χ4v) is 5.56. The minimum absolute atomic E-state index is 0.0305. The van der Waals surface area contributed by atoms with Gasteiger partial charge in [0, 0.05) is 17.4 Å². The molecule has 2 N–H and O–H groups in total. The number of β-amino-alcohol motifs (C(OH)–C–C–N with tert-alkyl or cyclic N) is 1. The number of nitrogens with zero attached hydrogens (tertiary/aromatic N) is 1. The molecule has 0 unspecified atom stereocenters. The number of benzene rings is 3. The second-order valence-corrected chi connectivity index (χ2v) is 9.91. The van der Waals surface area contributed by atoms with Crippen molar-refractivity contribution in [1.29, 1.82) is 0 Å². The molecule has 156 valence electrons. The predicted molar refractivity (Wildman–Crippen MR) is 115 cm³/mol. The van der Waals surface area contributed by atoms with Crippen LogP contribution in [0.3, 0.4) is 0 Å². The molecule has 1 aliphatic heterocycles. The van der Waals surface area contributed by atoms with Crippen LogP contribution in [0, 0.1) is 5.82 Å². The molecule has 1 amide bonds. The van der Waals surface area contributed by atoms with Crippen LogP contribution in [-0.2, 0) is 14.8 Å². The number of fused-ring (bicyclic) bond motifs is 1. The molecule has 0 bridgehead atoms. The van der Waals surface area contributed by atoms with Gasteiger partial charge in [0.15, 0.2) is 0 Å². The van der Waals surface area contributed by atoms with Gasteiger partial charge in [-0.1, -0.05) is 46.3 Å². The largest absolute Gasteiger partial charge is 0.392 e. The van der Waals surface area contributed by atoms with E-state index in [1.165, 1.54) is 18.2 Å². The number of carbonyl (C=O) groups is 1. The average Bonchev–Trinajstić information content (AvgIpc) is 3.12. The lowest BCUT2D eigenvalue weighted by Gasteiger charge is -2.23. The second-order valence-electron chi connectivity index (χ2n) is 7.10. The highest BCUT2D eigenvalue weighted by atomic mass is 79.9. The molecule has 1 fully saturated rings. The molecular formula is C21H18BrFN2O4S. The molecule has 1 heterocycles. The molecule has 3 aromatic rings. The van der Waals surface area contributed by atoms with Gasteiger partial charge in [-0.2, -0.15) is 4.31 Å². The van der Waals surface area contributed by atoms with Gasteiger partial charge in [0.05, 0.1) is 16.7 Å². The third-order valence-electron chi connectivity index (χ3n) is 5.05. The maximum atomic E-state index is 14.1. The number of amides is 1. The van der Waals surface area contributed by atoms with Crippen LogP contribution in [0.15, 0.2) is 70.0 Å². The number of carbonyl (C=O) groups excluding carboxylic acids is 1. The quantitative estimate of drug-likeness (QED) is 0.583. The number of sulfonamides is 1. The second kappa shape index (κ2) is 8.07. The van der Waals surface area contributed by atoms with Crippen molar-refractivity contribution in [3.8, 4) is 0 Å². The van der Waals surface area contributed by atoms with Gasteiger partial charge in [0.25, 0.3) is 0 Å². The summed E-state index contributed by atoms with van der Waals surface area (Å²) in [5.74, 6) is -1.35. The van der Waals surface area contributed by atoms with E-state index in [4.69, 9.17) is 0 Å². The predicted octanol–water partition coefficient (Wildman–Crippen LogP) is 3.50. The molecule has 4 rings (SSSR count). The number of aliphatic hydroxyl groups is 1. The van der Waals surface area contributed by atoms with E-state index in [-0.39, 0.29) is 23.5 Å². The van der Waals surface area contributed by atoms with E-state index in [2.05, 4.69) is 21.2 Å². The van der Waals surface area contributed by atoms with Gasteiger partial charge in [-0.05, 0) is 41.1 Å². The van der Waals surface area contributed by atoms with Gasteiger partial charge >= 0.3 is 0 Å². The number of aliphatic hydroxyl groups excluding tert-OH is 1. The van der Waals surface area contributed by atoms with Gasteiger partial charge in [-0.15, -0.1) is 0 Å². The Morgan fingerprint density at radius 3 is 2.57 bits per heavy atom. The Labute approximate surface area is 181 Å². The Morgan fingerprint density at radius 1 is 1.10 bits per heavy atom. The summed E-state index contributed by atoms with van der Waals surface area (Å²) in [5, 5.41) is 14.2. The molecular weight excluding hydrogens is 475 g/mol. The van der Waals surface area contributed by atoms with Crippen molar-refractivity contribution < 1.29 is 22.7 Å². The standard InChI is InChI=1S/C21H18BrFN2O4S/c22-15-6-8-19(18(23)10-15)24-21(27)20-11-16(26)12-25(20)30(28,29)17-7-5-13-3-1-2-4-14(13)9-17/h1-10,16,20,26H,11-12H2,(H,24,27)/t16-,20-/m1/s1. The van der Waals surface area contributed by atoms with Crippen LogP contribution in [0.2, 0.25) is 0 Å². The van der Waals surface area contributed by atoms with E-state index < -0.39 is 33.9 Å². The summed E-state index contributed by atoms with van der Waals surface area (Å²) in [4.78, 5) is 12.8. The van der Waals surface area contributed by atoms with Gasteiger partial charge < -0.3 is 10.4 Å². The highest BCUT2D eigenvalue weighted by molar-refractivity contribution is 9.10. The molecule has 30 heavy (non-hydrogen) atoms. The van der Waals surface area contributed by atoms with Gasteiger partial charge in [-0.3, -0.25) is 4.79 Å². The third-order valence-corrected chi connectivity index (χ3v) is 7.42. The van der Waals surface area contributed by atoms with E-state index in [0.29, 0.717) is 4.47 Å². The Morgan fingerprint density at radius 2 is 1.83 bits per heavy atom. The molecule has 2 atom stereocenters. The number of hydrogen-bond acceptors (Lipinski definition) is 4. The molecule has 6 nitrogen and oxygen atoms in total. The van der Waals surface area contributed by atoms with Crippen LogP contribution < -0.4 is 5.32 Å². The van der Waals surface area contributed by atoms with E-state index in [1.54, 1.807) is 30.3 Å². The molecule has 0 spiro atoms. The summed E-state index contributed by atoms with van der Waals surface area (Å²) in [6, 6.07) is 15.0. The lowest BCUT2D eigenvalue weighted by atomic mass is 10.1. The molecule has 0 saturated carbocycles. The van der Waals surface area contributed by atoms with E-state index in [9.17, 15) is 22.7 Å². The van der Waals surface area contributed by atoms with Crippen LogP contribution >= 0.6 is 15.9 Å². The molecule has 1 saturated heterocycles. The number of hydrogen-bond donors (Lipinski definition) is 2. The minimum atomic E-state index is -4.06. The fraction of sp³-hybridized carbons (Fsp3) is 0.190. The number of rotatable bonds is 4. The maximum absolute atomic E-state index is 14.1. The minimum Gasteiger partial charge on any atom is -0.392 e. The van der Waals surface area contributed by atoms with Gasteiger partial charge in [-0.25, -0.2) is 12.8 Å². The zero-order valence-corrected chi connectivity index (χ0v) is 18.0. The normalized spacial score (nSPS) is 19.8. The van der Waals surface area contributed by atoms with Crippen molar-refractivity contribution in [2.24, 2.45) is 0 Å². The Kier molecular flexibility index (Phi) is 5.63. The smallest absolute Gasteiger partial charge is 0.243 e. The Balaban J connectivity index is 1.64. The Hall–Kier alpha value is -2.33. The summed E-state index contributed by atoms with van der Waals surface area (Å²) in [5.41, 5.74) is -0.0624. The number of halogens is 2. The maximum Gasteiger partial charge on any atom is 0.243 e. The summed E-state index contributed by atoms with van der Waals surface area (Å²) in [6.45, 7) is -0.212. The van der Waals surface area contributed by atoms with Crippen molar-refractivity contribution >= 4 is 48.3 Å². The average molecular weight is 493 g/mol. The van der Waals surface area contributed by atoms with Crippen LogP contribution in [0.1, 0.15) is 6.42 Å². The van der Waals surface area contributed by atoms with Crippen molar-refractivity contribution in [3.05, 3.63) is 71.0 Å².